The van der Waals surface area contributed by atoms with Gasteiger partial charge in [0.1, 0.15) is 0 Å². The Morgan fingerprint density at radius 2 is 1.35 bits per heavy atom. The second-order valence-corrected chi connectivity index (χ2v) is 6.85. The SMILES string of the molecule is CN(c1ccc(C(C)(C)C)cc1)c1cccc2ccccc12.Cl. The molecular formula is C21H24ClN. The van der Waals surface area contributed by atoms with E-state index in [9.17, 15) is 0 Å². The van der Waals surface area contributed by atoms with Gasteiger partial charge in [-0.1, -0.05) is 69.3 Å². The molecule has 0 aliphatic rings. The van der Waals surface area contributed by atoms with Crippen molar-refractivity contribution in [2.75, 3.05) is 11.9 Å². The van der Waals surface area contributed by atoms with E-state index in [1.165, 1.54) is 27.7 Å². The molecule has 0 spiro atoms. The van der Waals surface area contributed by atoms with Crippen LogP contribution in [0.25, 0.3) is 10.8 Å². The van der Waals surface area contributed by atoms with Gasteiger partial charge in [0.2, 0.25) is 0 Å². The first-order valence-corrected chi connectivity index (χ1v) is 7.79. The lowest BCUT2D eigenvalue weighted by Gasteiger charge is -2.24. The first-order valence-electron chi connectivity index (χ1n) is 7.79. The van der Waals surface area contributed by atoms with E-state index in [4.69, 9.17) is 0 Å². The number of hydrogen-bond acceptors (Lipinski definition) is 1. The zero-order valence-corrected chi connectivity index (χ0v) is 15.0. The van der Waals surface area contributed by atoms with Crippen LogP contribution < -0.4 is 4.90 Å². The zero-order chi connectivity index (χ0) is 15.7. The zero-order valence-electron chi connectivity index (χ0n) is 14.2. The van der Waals surface area contributed by atoms with E-state index in [1.54, 1.807) is 0 Å². The average Bonchev–Trinajstić information content (AvgIpc) is 2.53. The van der Waals surface area contributed by atoms with Gasteiger partial charge in [-0.25, -0.2) is 0 Å². The highest BCUT2D eigenvalue weighted by Crippen LogP contribution is 2.32. The van der Waals surface area contributed by atoms with Crippen molar-refractivity contribution in [2.24, 2.45) is 0 Å². The Balaban J connectivity index is 0.00000192. The molecule has 0 bridgehead atoms. The molecule has 2 heteroatoms. The van der Waals surface area contributed by atoms with E-state index in [2.05, 4.69) is 99.4 Å². The molecule has 0 unspecified atom stereocenters. The van der Waals surface area contributed by atoms with Gasteiger partial charge in [0.05, 0.1) is 0 Å². The second kappa shape index (κ2) is 6.64. The van der Waals surface area contributed by atoms with Gasteiger partial charge in [0, 0.05) is 23.8 Å². The van der Waals surface area contributed by atoms with Gasteiger partial charge in [0.25, 0.3) is 0 Å². The Bertz CT molecular complexity index is 780. The molecule has 0 aliphatic carbocycles. The van der Waals surface area contributed by atoms with Gasteiger partial charge in [0.15, 0.2) is 0 Å². The van der Waals surface area contributed by atoms with Crippen LogP contribution in [0.3, 0.4) is 0 Å². The summed E-state index contributed by atoms with van der Waals surface area (Å²) in [6.45, 7) is 6.74. The van der Waals surface area contributed by atoms with E-state index in [1.807, 2.05) is 0 Å². The fourth-order valence-corrected chi connectivity index (χ4v) is 2.82. The van der Waals surface area contributed by atoms with Crippen LogP contribution >= 0.6 is 12.4 Å². The van der Waals surface area contributed by atoms with Gasteiger partial charge in [-0.15, -0.1) is 12.4 Å². The smallest absolute Gasteiger partial charge is 0.0487 e. The summed E-state index contributed by atoms with van der Waals surface area (Å²) in [6, 6.07) is 23.9. The first-order chi connectivity index (χ1) is 10.5. The topological polar surface area (TPSA) is 3.24 Å². The van der Waals surface area contributed by atoms with Gasteiger partial charge >= 0.3 is 0 Å². The molecular weight excluding hydrogens is 302 g/mol. The summed E-state index contributed by atoms with van der Waals surface area (Å²) in [5, 5.41) is 2.56. The number of fused-ring (bicyclic) bond motifs is 1. The van der Waals surface area contributed by atoms with Crippen LogP contribution in [0.4, 0.5) is 11.4 Å². The van der Waals surface area contributed by atoms with Crippen LogP contribution in [0.15, 0.2) is 66.7 Å². The van der Waals surface area contributed by atoms with Gasteiger partial charge < -0.3 is 4.90 Å². The summed E-state index contributed by atoms with van der Waals surface area (Å²) in [7, 11) is 2.13. The molecule has 0 amide bonds. The Morgan fingerprint density at radius 3 is 2.00 bits per heavy atom. The molecule has 0 heterocycles. The predicted octanol–water partition coefficient (Wildman–Crippen LogP) is 6.33. The third-order valence-electron chi connectivity index (χ3n) is 4.25. The van der Waals surface area contributed by atoms with Crippen molar-refractivity contribution in [3.05, 3.63) is 72.3 Å². The van der Waals surface area contributed by atoms with E-state index in [-0.39, 0.29) is 17.8 Å². The van der Waals surface area contributed by atoms with E-state index in [0.29, 0.717) is 0 Å². The molecule has 0 N–H and O–H groups in total. The molecule has 0 saturated carbocycles. The molecule has 0 saturated heterocycles. The largest absolute Gasteiger partial charge is 0.344 e. The summed E-state index contributed by atoms with van der Waals surface area (Å²) in [4.78, 5) is 2.26. The van der Waals surface area contributed by atoms with Crippen LogP contribution in [-0.4, -0.2) is 7.05 Å². The highest BCUT2D eigenvalue weighted by molar-refractivity contribution is 5.95. The second-order valence-electron chi connectivity index (χ2n) is 6.85. The number of nitrogens with zero attached hydrogens (tertiary/aromatic N) is 1. The maximum Gasteiger partial charge on any atom is 0.0487 e. The molecule has 0 aliphatic heterocycles. The number of hydrogen-bond donors (Lipinski definition) is 0. The molecule has 23 heavy (non-hydrogen) atoms. The average molecular weight is 326 g/mol. The molecule has 1 nitrogen and oxygen atoms in total. The predicted molar refractivity (Wildman–Crippen MR) is 104 cm³/mol. The van der Waals surface area contributed by atoms with Crippen LogP contribution in [0.1, 0.15) is 26.3 Å². The van der Waals surface area contributed by atoms with Crippen LogP contribution in [0.5, 0.6) is 0 Å². The quantitative estimate of drug-likeness (QED) is 0.532. The maximum atomic E-state index is 2.26. The van der Waals surface area contributed by atoms with Gasteiger partial charge in [-0.05, 0) is 34.6 Å². The van der Waals surface area contributed by atoms with Crippen LogP contribution in [-0.2, 0) is 5.41 Å². The van der Waals surface area contributed by atoms with Crippen molar-refractivity contribution >= 4 is 34.6 Å². The highest BCUT2D eigenvalue weighted by atomic mass is 35.5. The van der Waals surface area contributed by atoms with Crippen LogP contribution in [0.2, 0.25) is 0 Å². The summed E-state index contributed by atoms with van der Waals surface area (Å²) >= 11 is 0. The summed E-state index contributed by atoms with van der Waals surface area (Å²) < 4.78 is 0. The third kappa shape index (κ3) is 3.51. The monoisotopic (exact) mass is 325 g/mol. The number of anilines is 2. The lowest BCUT2D eigenvalue weighted by atomic mass is 9.87. The molecule has 0 radical (unpaired) electrons. The van der Waals surface area contributed by atoms with Crippen molar-refractivity contribution in [1.29, 1.82) is 0 Å². The minimum atomic E-state index is 0. The first kappa shape index (κ1) is 17.4. The molecule has 120 valence electrons. The summed E-state index contributed by atoms with van der Waals surface area (Å²) in [6.07, 6.45) is 0. The number of halogens is 1. The van der Waals surface area contributed by atoms with E-state index in [0.717, 1.165) is 0 Å². The minimum absolute atomic E-state index is 0. The van der Waals surface area contributed by atoms with Crippen molar-refractivity contribution in [1.82, 2.24) is 0 Å². The molecule has 3 rings (SSSR count). The third-order valence-corrected chi connectivity index (χ3v) is 4.25. The van der Waals surface area contributed by atoms with Crippen LogP contribution in [0, 0.1) is 0 Å². The van der Waals surface area contributed by atoms with Crippen molar-refractivity contribution in [2.45, 2.75) is 26.2 Å². The van der Waals surface area contributed by atoms with Gasteiger partial charge in [-0.2, -0.15) is 0 Å². The molecule has 0 atom stereocenters. The van der Waals surface area contributed by atoms with Crippen molar-refractivity contribution in [3.8, 4) is 0 Å². The summed E-state index contributed by atoms with van der Waals surface area (Å²) in [5.74, 6) is 0. The van der Waals surface area contributed by atoms with E-state index >= 15 is 0 Å². The van der Waals surface area contributed by atoms with E-state index < -0.39 is 0 Å². The normalized spacial score (nSPS) is 11.1. The number of benzene rings is 3. The maximum absolute atomic E-state index is 2.26. The Morgan fingerprint density at radius 1 is 0.739 bits per heavy atom. The highest BCUT2D eigenvalue weighted by Gasteiger charge is 2.14. The summed E-state index contributed by atoms with van der Waals surface area (Å²) in [5.41, 5.74) is 4.00. The van der Waals surface area contributed by atoms with Gasteiger partial charge in [-0.3, -0.25) is 0 Å². The fourth-order valence-electron chi connectivity index (χ4n) is 2.82. The lowest BCUT2D eigenvalue weighted by Crippen LogP contribution is -2.13. The molecule has 0 fully saturated rings. The number of rotatable bonds is 2. The fraction of sp³-hybridized carbons (Fsp3) is 0.238. The lowest BCUT2D eigenvalue weighted by molar-refractivity contribution is 0.590. The molecule has 3 aromatic carbocycles. The van der Waals surface area contributed by atoms with Crippen molar-refractivity contribution < 1.29 is 0 Å². The Hall–Kier alpha value is -1.99. The molecule has 3 aromatic rings. The standard InChI is InChI=1S/C21H23N.ClH/c1-21(2,3)17-12-14-18(15-13-17)22(4)20-11-7-9-16-8-5-6-10-19(16)20;/h5-15H,1-4H3;1H. The Labute approximate surface area is 145 Å². The van der Waals surface area contributed by atoms with Crippen molar-refractivity contribution in [3.63, 3.8) is 0 Å². The molecule has 0 aromatic heterocycles. The minimum Gasteiger partial charge on any atom is -0.344 e. The Kier molecular flexibility index (Phi) is 5.01.